The normalized spacial score (nSPS) is 34.8. The highest BCUT2D eigenvalue weighted by Gasteiger charge is 2.34. The Morgan fingerprint density at radius 1 is 1.53 bits per heavy atom. The molecule has 0 aromatic rings. The van der Waals surface area contributed by atoms with Crippen molar-refractivity contribution in [2.24, 2.45) is 11.8 Å². The Balaban J connectivity index is 1.83. The van der Waals surface area contributed by atoms with Crippen molar-refractivity contribution in [3.8, 4) is 0 Å². The number of rotatable bonds is 4. The van der Waals surface area contributed by atoms with E-state index in [9.17, 15) is 4.79 Å². The van der Waals surface area contributed by atoms with Crippen LogP contribution in [0.5, 0.6) is 0 Å². The predicted molar refractivity (Wildman–Crippen MR) is 66.7 cm³/mol. The van der Waals surface area contributed by atoms with E-state index in [4.69, 9.17) is 4.74 Å². The molecule has 1 amide bonds. The first-order chi connectivity index (χ1) is 8.22. The van der Waals surface area contributed by atoms with E-state index in [0.29, 0.717) is 5.92 Å². The zero-order chi connectivity index (χ0) is 12.3. The summed E-state index contributed by atoms with van der Waals surface area (Å²) >= 11 is 0. The summed E-state index contributed by atoms with van der Waals surface area (Å²) < 4.78 is 5.57. The molecule has 0 aromatic carbocycles. The van der Waals surface area contributed by atoms with E-state index in [0.717, 1.165) is 32.5 Å². The second-order valence-electron chi connectivity index (χ2n) is 5.26. The summed E-state index contributed by atoms with van der Waals surface area (Å²) in [5, 5.41) is 6.51. The molecule has 0 spiro atoms. The van der Waals surface area contributed by atoms with Gasteiger partial charge in [0.1, 0.15) is 0 Å². The van der Waals surface area contributed by atoms with Crippen molar-refractivity contribution in [2.75, 3.05) is 19.7 Å². The minimum atomic E-state index is 0.0665. The number of ether oxygens (including phenoxy) is 1. The van der Waals surface area contributed by atoms with Gasteiger partial charge < -0.3 is 15.4 Å². The topological polar surface area (TPSA) is 50.4 Å². The molecule has 17 heavy (non-hydrogen) atoms. The van der Waals surface area contributed by atoms with Gasteiger partial charge in [-0.15, -0.1) is 0 Å². The highest BCUT2D eigenvalue weighted by atomic mass is 16.5. The van der Waals surface area contributed by atoms with E-state index in [1.54, 1.807) is 0 Å². The summed E-state index contributed by atoms with van der Waals surface area (Å²) in [6, 6.07) is 0.274. The molecule has 98 valence electrons. The van der Waals surface area contributed by atoms with Crippen molar-refractivity contribution in [1.29, 1.82) is 0 Å². The van der Waals surface area contributed by atoms with Gasteiger partial charge in [0, 0.05) is 12.6 Å². The van der Waals surface area contributed by atoms with Crippen molar-refractivity contribution < 1.29 is 9.53 Å². The zero-order valence-electron chi connectivity index (χ0n) is 10.9. The van der Waals surface area contributed by atoms with Crippen LogP contribution < -0.4 is 10.6 Å². The van der Waals surface area contributed by atoms with Crippen LogP contribution in [0.2, 0.25) is 0 Å². The van der Waals surface area contributed by atoms with Crippen LogP contribution in [0.15, 0.2) is 0 Å². The van der Waals surface area contributed by atoms with Crippen molar-refractivity contribution in [2.45, 2.75) is 45.3 Å². The standard InChI is InChI=1S/C13H24N2O2/c1-3-12-11(5-7-17-12)13(16)15-9(2)10-4-6-14-8-10/h9-12,14H,3-8H2,1-2H3,(H,15,16). The zero-order valence-corrected chi connectivity index (χ0v) is 10.9. The number of hydrogen-bond acceptors (Lipinski definition) is 3. The Labute approximate surface area is 103 Å². The molecule has 0 aromatic heterocycles. The minimum Gasteiger partial charge on any atom is -0.377 e. The molecule has 2 N–H and O–H groups in total. The molecule has 2 saturated heterocycles. The van der Waals surface area contributed by atoms with Crippen LogP contribution in [0.25, 0.3) is 0 Å². The smallest absolute Gasteiger partial charge is 0.226 e. The fourth-order valence-electron chi connectivity index (χ4n) is 2.90. The number of hydrogen-bond donors (Lipinski definition) is 2. The summed E-state index contributed by atoms with van der Waals surface area (Å²) in [6.07, 6.45) is 3.10. The molecule has 2 fully saturated rings. The molecular formula is C13H24N2O2. The third kappa shape index (κ3) is 2.99. The van der Waals surface area contributed by atoms with E-state index in [-0.39, 0.29) is 24.0 Å². The van der Waals surface area contributed by atoms with Gasteiger partial charge in [0.2, 0.25) is 5.91 Å². The third-order valence-corrected chi connectivity index (χ3v) is 4.12. The van der Waals surface area contributed by atoms with Gasteiger partial charge in [0.05, 0.1) is 12.0 Å². The van der Waals surface area contributed by atoms with Crippen molar-refractivity contribution in [1.82, 2.24) is 10.6 Å². The average molecular weight is 240 g/mol. The van der Waals surface area contributed by atoms with Gasteiger partial charge in [-0.2, -0.15) is 0 Å². The van der Waals surface area contributed by atoms with Crippen LogP contribution in [0.1, 0.15) is 33.1 Å². The number of nitrogens with one attached hydrogen (secondary N) is 2. The quantitative estimate of drug-likeness (QED) is 0.768. The third-order valence-electron chi connectivity index (χ3n) is 4.12. The van der Waals surface area contributed by atoms with E-state index >= 15 is 0 Å². The van der Waals surface area contributed by atoms with E-state index in [1.807, 2.05) is 0 Å². The molecule has 2 rings (SSSR count). The molecule has 0 radical (unpaired) electrons. The Bertz CT molecular complexity index is 264. The van der Waals surface area contributed by atoms with E-state index in [2.05, 4.69) is 24.5 Å². The lowest BCUT2D eigenvalue weighted by molar-refractivity contribution is -0.127. The fourth-order valence-corrected chi connectivity index (χ4v) is 2.90. The first kappa shape index (κ1) is 12.8. The van der Waals surface area contributed by atoms with E-state index < -0.39 is 0 Å². The lowest BCUT2D eigenvalue weighted by Crippen LogP contribution is -2.43. The van der Waals surface area contributed by atoms with Gasteiger partial charge in [-0.1, -0.05) is 6.92 Å². The summed E-state index contributed by atoms with van der Waals surface area (Å²) in [5.41, 5.74) is 0. The fraction of sp³-hybridized carbons (Fsp3) is 0.923. The summed E-state index contributed by atoms with van der Waals surface area (Å²) in [5.74, 6) is 0.840. The van der Waals surface area contributed by atoms with Crippen molar-refractivity contribution >= 4 is 5.91 Å². The van der Waals surface area contributed by atoms with Gasteiger partial charge >= 0.3 is 0 Å². The molecule has 0 aliphatic carbocycles. The molecule has 0 bridgehead atoms. The first-order valence-electron chi connectivity index (χ1n) is 6.85. The maximum atomic E-state index is 12.2. The maximum absolute atomic E-state index is 12.2. The molecule has 0 saturated carbocycles. The molecule has 4 heteroatoms. The number of carbonyl (C=O) groups excluding carboxylic acids is 1. The van der Waals surface area contributed by atoms with Gasteiger partial charge in [-0.05, 0) is 45.2 Å². The average Bonchev–Trinajstić information content (AvgIpc) is 2.99. The molecule has 2 aliphatic heterocycles. The predicted octanol–water partition coefficient (Wildman–Crippen LogP) is 0.916. The monoisotopic (exact) mass is 240 g/mol. The maximum Gasteiger partial charge on any atom is 0.226 e. The van der Waals surface area contributed by atoms with Gasteiger partial charge in [0.15, 0.2) is 0 Å². The summed E-state index contributed by atoms with van der Waals surface area (Å²) in [4.78, 5) is 12.2. The van der Waals surface area contributed by atoms with Gasteiger partial charge in [0.25, 0.3) is 0 Å². The number of amides is 1. The second-order valence-corrected chi connectivity index (χ2v) is 5.26. The molecular weight excluding hydrogens is 216 g/mol. The summed E-state index contributed by atoms with van der Waals surface area (Å²) in [6.45, 7) is 7.04. The minimum absolute atomic E-state index is 0.0665. The lowest BCUT2D eigenvalue weighted by Gasteiger charge is -2.23. The highest BCUT2D eigenvalue weighted by molar-refractivity contribution is 5.79. The largest absolute Gasteiger partial charge is 0.377 e. The van der Waals surface area contributed by atoms with E-state index in [1.165, 1.54) is 6.42 Å². The van der Waals surface area contributed by atoms with Crippen molar-refractivity contribution in [3.05, 3.63) is 0 Å². The van der Waals surface area contributed by atoms with Gasteiger partial charge in [-0.3, -0.25) is 4.79 Å². The van der Waals surface area contributed by atoms with Crippen LogP contribution in [0.4, 0.5) is 0 Å². The van der Waals surface area contributed by atoms with Crippen LogP contribution in [-0.2, 0) is 9.53 Å². The molecule has 4 unspecified atom stereocenters. The Hall–Kier alpha value is -0.610. The molecule has 2 aliphatic rings. The van der Waals surface area contributed by atoms with Crippen LogP contribution in [0.3, 0.4) is 0 Å². The van der Waals surface area contributed by atoms with Crippen LogP contribution in [-0.4, -0.2) is 37.7 Å². The first-order valence-corrected chi connectivity index (χ1v) is 6.85. The Morgan fingerprint density at radius 2 is 2.35 bits per heavy atom. The van der Waals surface area contributed by atoms with Crippen LogP contribution >= 0.6 is 0 Å². The van der Waals surface area contributed by atoms with Crippen molar-refractivity contribution in [3.63, 3.8) is 0 Å². The Morgan fingerprint density at radius 3 is 3.00 bits per heavy atom. The second kappa shape index (κ2) is 5.83. The van der Waals surface area contributed by atoms with Gasteiger partial charge in [-0.25, -0.2) is 0 Å². The molecule has 2 heterocycles. The Kier molecular flexibility index (Phi) is 4.40. The molecule has 4 nitrogen and oxygen atoms in total. The number of carbonyl (C=O) groups is 1. The SMILES string of the molecule is CCC1OCCC1C(=O)NC(C)C1CCNC1. The molecule has 4 atom stereocenters. The summed E-state index contributed by atoms with van der Waals surface area (Å²) in [7, 11) is 0. The lowest BCUT2D eigenvalue weighted by atomic mass is 9.96. The highest BCUT2D eigenvalue weighted by Crippen LogP contribution is 2.24. The van der Waals surface area contributed by atoms with Crippen LogP contribution in [0, 0.1) is 11.8 Å².